The second kappa shape index (κ2) is 8.53. The van der Waals surface area contributed by atoms with Gasteiger partial charge in [0.25, 0.3) is 0 Å². The van der Waals surface area contributed by atoms with E-state index in [9.17, 15) is 18.0 Å². The number of hydrogen-bond acceptors (Lipinski definition) is 4. The first-order valence-electron chi connectivity index (χ1n) is 6.94. The maximum Gasteiger partial charge on any atom is 0.573 e. The molecule has 0 fully saturated rings. The van der Waals surface area contributed by atoms with Crippen LogP contribution < -0.4 is 15.4 Å². The highest BCUT2D eigenvalue weighted by Gasteiger charge is 2.32. The van der Waals surface area contributed by atoms with Crippen molar-refractivity contribution in [2.45, 2.75) is 12.1 Å². The van der Waals surface area contributed by atoms with Gasteiger partial charge >= 0.3 is 12.4 Å². The van der Waals surface area contributed by atoms with Gasteiger partial charge in [-0.3, -0.25) is 0 Å². The summed E-state index contributed by atoms with van der Waals surface area (Å²) < 4.78 is 45.9. The van der Waals surface area contributed by atoms with Crippen LogP contribution in [0.3, 0.4) is 0 Å². The van der Waals surface area contributed by atoms with E-state index < -0.39 is 18.1 Å². The Labute approximate surface area is 140 Å². The summed E-state index contributed by atoms with van der Waals surface area (Å²) in [5, 5.41) is 4.90. The predicted octanol–water partition coefficient (Wildman–Crippen LogP) is 4.23. The zero-order chi connectivity index (χ0) is 17.4. The Morgan fingerprint density at radius 1 is 1.21 bits per heavy atom. The Balaban J connectivity index is 1.74. The van der Waals surface area contributed by atoms with Crippen LogP contribution in [-0.4, -0.2) is 24.7 Å². The molecule has 0 spiro atoms. The monoisotopic (exact) mass is 360 g/mol. The van der Waals surface area contributed by atoms with E-state index in [0.717, 1.165) is 11.8 Å². The van der Waals surface area contributed by atoms with Crippen molar-refractivity contribution in [1.29, 1.82) is 0 Å². The van der Waals surface area contributed by atoms with Gasteiger partial charge in [-0.1, -0.05) is 12.1 Å². The van der Waals surface area contributed by atoms with Gasteiger partial charge in [0, 0.05) is 12.3 Å². The van der Waals surface area contributed by atoms with Crippen LogP contribution in [0.25, 0.3) is 0 Å². The zero-order valence-electron chi connectivity index (χ0n) is 12.4. The van der Waals surface area contributed by atoms with E-state index in [4.69, 9.17) is 4.42 Å². The van der Waals surface area contributed by atoms with Crippen LogP contribution >= 0.6 is 11.8 Å². The minimum Gasteiger partial charge on any atom is -0.468 e. The van der Waals surface area contributed by atoms with Crippen molar-refractivity contribution in [3.05, 3.63) is 48.4 Å². The minimum atomic E-state index is -4.82. The summed E-state index contributed by atoms with van der Waals surface area (Å²) in [6.07, 6.45) is -3.24. The smallest absolute Gasteiger partial charge is 0.468 e. The standard InChI is InChI=1S/C15H15F3N2O3S/c16-15(17,18)23-13-6-2-1-5-12(13)20-14(21)19-7-9-24-10-11-4-3-8-22-11/h1-6,8H,7,9-10H2,(H2,19,20,21). The lowest BCUT2D eigenvalue weighted by molar-refractivity contribution is -0.274. The fourth-order valence-electron chi connectivity index (χ4n) is 1.75. The Kier molecular flexibility index (Phi) is 6.42. The number of ether oxygens (including phenoxy) is 1. The van der Waals surface area contributed by atoms with Crippen LogP contribution in [0.1, 0.15) is 5.76 Å². The molecule has 1 heterocycles. The van der Waals surface area contributed by atoms with Gasteiger partial charge in [-0.25, -0.2) is 4.79 Å². The van der Waals surface area contributed by atoms with Gasteiger partial charge in [0.15, 0.2) is 5.75 Å². The molecular weight excluding hydrogens is 345 g/mol. The predicted molar refractivity (Wildman–Crippen MR) is 85.0 cm³/mol. The summed E-state index contributed by atoms with van der Waals surface area (Å²) in [4.78, 5) is 11.7. The lowest BCUT2D eigenvalue weighted by Crippen LogP contribution is -2.31. The molecule has 0 saturated carbocycles. The SMILES string of the molecule is O=C(NCCSCc1ccco1)Nc1ccccc1OC(F)(F)F. The molecule has 24 heavy (non-hydrogen) atoms. The van der Waals surface area contributed by atoms with E-state index in [-0.39, 0.29) is 5.69 Å². The molecule has 5 nitrogen and oxygen atoms in total. The number of furan rings is 1. The number of carbonyl (C=O) groups is 1. The maximum absolute atomic E-state index is 12.3. The number of para-hydroxylation sites is 2. The number of anilines is 1. The third-order valence-electron chi connectivity index (χ3n) is 2.72. The van der Waals surface area contributed by atoms with E-state index >= 15 is 0 Å². The van der Waals surface area contributed by atoms with Gasteiger partial charge in [-0.15, -0.1) is 13.2 Å². The molecule has 0 unspecified atom stereocenters. The van der Waals surface area contributed by atoms with Crippen LogP contribution in [0.15, 0.2) is 47.1 Å². The highest BCUT2D eigenvalue weighted by Crippen LogP contribution is 2.29. The van der Waals surface area contributed by atoms with Crippen molar-refractivity contribution in [1.82, 2.24) is 5.32 Å². The molecule has 2 N–H and O–H groups in total. The van der Waals surface area contributed by atoms with Crippen LogP contribution in [0, 0.1) is 0 Å². The number of halogens is 3. The first kappa shape index (κ1) is 18.1. The average Bonchev–Trinajstić information content (AvgIpc) is 3.01. The lowest BCUT2D eigenvalue weighted by atomic mass is 10.3. The molecule has 1 aromatic carbocycles. The Morgan fingerprint density at radius 3 is 2.71 bits per heavy atom. The number of carbonyl (C=O) groups excluding carboxylic acids is 1. The molecule has 0 aliphatic heterocycles. The fraction of sp³-hybridized carbons (Fsp3) is 0.267. The number of rotatable bonds is 7. The second-order valence-corrected chi connectivity index (χ2v) is 5.66. The van der Waals surface area contributed by atoms with Gasteiger partial charge in [0.05, 0.1) is 17.7 Å². The van der Waals surface area contributed by atoms with Gasteiger partial charge in [0.1, 0.15) is 5.76 Å². The van der Waals surface area contributed by atoms with Gasteiger partial charge in [-0.2, -0.15) is 11.8 Å². The average molecular weight is 360 g/mol. The summed E-state index contributed by atoms with van der Waals surface area (Å²) in [7, 11) is 0. The summed E-state index contributed by atoms with van der Waals surface area (Å²) in [6, 6.07) is 8.38. The Bertz CT molecular complexity index is 648. The molecule has 130 valence electrons. The molecule has 0 saturated heterocycles. The summed E-state index contributed by atoms with van der Waals surface area (Å²) >= 11 is 1.56. The van der Waals surface area contributed by atoms with Gasteiger partial charge in [-0.05, 0) is 24.3 Å². The number of alkyl halides is 3. The van der Waals surface area contributed by atoms with Crippen molar-refractivity contribution in [3.63, 3.8) is 0 Å². The van der Waals surface area contributed by atoms with Crippen LogP contribution in [0.2, 0.25) is 0 Å². The normalized spacial score (nSPS) is 11.1. The van der Waals surface area contributed by atoms with Crippen LogP contribution in [-0.2, 0) is 5.75 Å². The third-order valence-corrected chi connectivity index (χ3v) is 3.70. The van der Waals surface area contributed by atoms with Gasteiger partial charge < -0.3 is 19.8 Å². The molecular formula is C15H15F3N2O3S. The first-order chi connectivity index (χ1) is 11.4. The molecule has 0 aliphatic rings. The van der Waals surface area contributed by atoms with E-state index in [2.05, 4.69) is 15.4 Å². The summed E-state index contributed by atoms with van der Waals surface area (Å²) in [5.41, 5.74) is -0.0597. The molecule has 2 amide bonds. The number of nitrogens with one attached hydrogen (secondary N) is 2. The molecule has 2 aromatic rings. The van der Waals surface area contributed by atoms with Crippen molar-refractivity contribution in [3.8, 4) is 5.75 Å². The second-order valence-electron chi connectivity index (χ2n) is 4.56. The molecule has 2 rings (SSSR count). The minimum absolute atomic E-state index is 0.0597. The molecule has 9 heteroatoms. The molecule has 0 atom stereocenters. The third kappa shape index (κ3) is 6.45. The van der Waals surface area contributed by atoms with E-state index in [0.29, 0.717) is 18.1 Å². The number of thioether (sulfide) groups is 1. The van der Waals surface area contributed by atoms with E-state index in [1.165, 1.54) is 18.2 Å². The summed E-state index contributed by atoms with van der Waals surface area (Å²) in [5.74, 6) is 1.68. The first-order valence-corrected chi connectivity index (χ1v) is 8.09. The Hall–Kier alpha value is -2.29. The van der Waals surface area contributed by atoms with Crippen molar-refractivity contribution >= 4 is 23.5 Å². The molecule has 1 aromatic heterocycles. The van der Waals surface area contributed by atoms with Crippen molar-refractivity contribution in [2.75, 3.05) is 17.6 Å². The quantitative estimate of drug-likeness (QED) is 0.725. The topological polar surface area (TPSA) is 63.5 Å². The van der Waals surface area contributed by atoms with Crippen molar-refractivity contribution in [2.24, 2.45) is 0 Å². The number of benzene rings is 1. The molecule has 0 radical (unpaired) electrons. The Morgan fingerprint density at radius 2 is 2.00 bits per heavy atom. The van der Waals surface area contributed by atoms with E-state index in [1.54, 1.807) is 24.1 Å². The zero-order valence-corrected chi connectivity index (χ0v) is 13.2. The number of urea groups is 1. The largest absolute Gasteiger partial charge is 0.573 e. The number of hydrogen-bond donors (Lipinski definition) is 2. The number of amides is 2. The lowest BCUT2D eigenvalue weighted by Gasteiger charge is -2.14. The maximum atomic E-state index is 12.3. The fourth-order valence-corrected chi connectivity index (χ4v) is 2.51. The summed E-state index contributed by atoms with van der Waals surface area (Å²) in [6.45, 7) is 0.361. The van der Waals surface area contributed by atoms with Gasteiger partial charge in [0.2, 0.25) is 0 Å². The highest BCUT2D eigenvalue weighted by atomic mass is 32.2. The van der Waals surface area contributed by atoms with Crippen LogP contribution in [0.5, 0.6) is 5.75 Å². The molecule has 0 bridgehead atoms. The van der Waals surface area contributed by atoms with E-state index in [1.807, 2.05) is 6.07 Å². The van der Waals surface area contributed by atoms with Crippen molar-refractivity contribution < 1.29 is 27.1 Å². The molecule has 0 aliphatic carbocycles. The highest BCUT2D eigenvalue weighted by molar-refractivity contribution is 7.98. The van der Waals surface area contributed by atoms with Crippen LogP contribution in [0.4, 0.5) is 23.7 Å².